The van der Waals surface area contributed by atoms with Gasteiger partial charge in [0.25, 0.3) is 0 Å². The maximum atomic E-state index is 12.1. The topological polar surface area (TPSA) is 17.1 Å². The van der Waals surface area contributed by atoms with E-state index in [1.165, 1.54) is 0 Å². The number of hydrogen-bond donors (Lipinski definition) is 0. The number of Topliss-reactive ketones (excluding diaryl/α,β-unsaturated/α-hetero) is 1. The van der Waals surface area contributed by atoms with E-state index in [1.54, 1.807) is 6.07 Å². The van der Waals surface area contributed by atoms with Crippen LogP contribution in [0.2, 0.25) is 10.0 Å². The van der Waals surface area contributed by atoms with Crippen LogP contribution in [0.15, 0.2) is 30.3 Å². The normalized spacial score (nSPS) is 12.2. The molecule has 0 unspecified atom stereocenters. The molecular weight excluding hydrogens is 347 g/mol. The number of rotatable bonds is 2. The Morgan fingerprint density at radius 2 is 1.89 bits per heavy atom. The Bertz CT molecular complexity index is 695. The van der Waals surface area contributed by atoms with Crippen molar-refractivity contribution in [3.05, 3.63) is 57.1 Å². The molecule has 96 valence electrons. The molecule has 0 saturated carbocycles. The first kappa shape index (κ1) is 13.2. The van der Waals surface area contributed by atoms with Gasteiger partial charge in [0, 0.05) is 10.6 Å². The Morgan fingerprint density at radius 1 is 1.16 bits per heavy atom. The largest absolute Gasteiger partial charge is 0.293 e. The van der Waals surface area contributed by atoms with E-state index in [0.717, 1.165) is 22.3 Å². The summed E-state index contributed by atoms with van der Waals surface area (Å²) in [5.74, 6) is 0.0146. The van der Waals surface area contributed by atoms with Gasteiger partial charge < -0.3 is 0 Å². The second kappa shape index (κ2) is 4.93. The van der Waals surface area contributed by atoms with E-state index in [0.29, 0.717) is 22.0 Å². The number of benzene rings is 2. The van der Waals surface area contributed by atoms with Crippen molar-refractivity contribution >= 4 is 44.9 Å². The van der Waals surface area contributed by atoms with E-state index in [-0.39, 0.29) is 11.1 Å². The summed E-state index contributed by atoms with van der Waals surface area (Å²) in [5.41, 5.74) is 5.01. The summed E-state index contributed by atoms with van der Waals surface area (Å²) in [7, 11) is 0. The minimum absolute atomic E-state index is 0.0146. The highest BCUT2D eigenvalue weighted by atomic mass is 79.9. The minimum Gasteiger partial charge on any atom is -0.293 e. The minimum atomic E-state index is 0.0146. The van der Waals surface area contributed by atoms with Crippen molar-refractivity contribution in [2.24, 2.45) is 0 Å². The van der Waals surface area contributed by atoms with Crippen LogP contribution in [-0.2, 0) is 6.42 Å². The number of carbonyl (C=O) groups excluding carboxylic acids is 1. The fraction of sp³-hybridized carbons (Fsp3) is 0.133. The standard InChI is InChI=1S/C15H9BrCl2O/c16-7-14(19)15-12-6-8-5-9(17)1-2-10(8)11(12)3-4-13(15)18/h1-5H,6-7H2. The first-order valence-electron chi connectivity index (χ1n) is 5.81. The maximum Gasteiger partial charge on any atom is 0.175 e. The van der Waals surface area contributed by atoms with Gasteiger partial charge in [0.15, 0.2) is 5.78 Å². The summed E-state index contributed by atoms with van der Waals surface area (Å²) in [4.78, 5) is 12.1. The van der Waals surface area contributed by atoms with Gasteiger partial charge in [0.05, 0.1) is 10.4 Å². The fourth-order valence-corrected chi connectivity index (χ4v) is 3.34. The molecule has 19 heavy (non-hydrogen) atoms. The summed E-state index contributed by atoms with van der Waals surface area (Å²) < 4.78 is 0. The number of alkyl halides is 1. The molecule has 0 spiro atoms. The lowest BCUT2D eigenvalue weighted by Crippen LogP contribution is -2.05. The van der Waals surface area contributed by atoms with Gasteiger partial charge in [-0.3, -0.25) is 4.79 Å². The predicted octanol–water partition coefficient (Wildman–Crippen LogP) is 5.14. The molecule has 2 aromatic rings. The molecule has 0 saturated heterocycles. The van der Waals surface area contributed by atoms with E-state index in [1.807, 2.05) is 24.3 Å². The second-order valence-corrected chi connectivity index (χ2v) is 5.89. The molecule has 0 amide bonds. The number of ketones is 1. The quantitative estimate of drug-likeness (QED) is 0.459. The fourth-order valence-electron chi connectivity index (χ4n) is 2.59. The van der Waals surface area contributed by atoms with E-state index in [4.69, 9.17) is 23.2 Å². The molecule has 1 aliphatic rings. The summed E-state index contributed by atoms with van der Waals surface area (Å²) in [6, 6.07) is 9.59. The highest BCUT2D eigenvalue weighted by molar-refractivity contribution is 9.09. The van der Waals surface area contributed by atoms with Gasteiger partial charge in [-0.25, -0.2) is 0 Å². The average Bonchev–Trinajstić information content (AvgIpc) is 2.74. The molecule has 0 N–H and O–H groups in total. The van der Waals surface area contributed by atoms with Crippen LogP contribution >= 0.6 is 39.1 Å². The Kier molecular flexibility index (Phi) is 3.42. The molecule has 0 radical (unpaired) electrons. The van der Waals surface area contributed by atoms with Crippen LogP contribution < -0.4 is 0 Å². The van der Waals surface area contributed by atoms with E-state index in [2.05, 4.69) is 15.9 Å². The Balaban J connectivity index is 2.24. The molecule has 3 rings (SSSR count). The monoisotopic (exact) mass is 354 g/mol. The second-order valence-electron chi connectivity index (χ2n) is 4.48. The van der Waals surface area contributed by atoms with Gasteiger partial charge >= 0.3 is 0 Å². The molecule has 0 bridgehead atoms. The molecule has 1 nitrogen and oxygen atoms in total. The number of halogens is 3. The molecule has 4 heteroatoms. The summed E-state index contributed by atoms with van der Waals surface area (Å²) in [6.07, 6.45) is 0.708. The van der Waals surface area contributed by atoms with Crippen LogP contribution in [0.5, 0.6) is 0 Å². The van der Waals surface area contributed by atoms with Crippen molar-refractivity contribution in [1.82, 2.24) is 0 Å². The molecular formula is C15H9BrCl2O. The third-order valence-corrected chi connectivity index (χ3v) is 4.45. The van der Waals surface area contributed by atoms with E-state index < -0.39 is 0 Å². The van der Waals surface area contributed by atoms with Crippen LogP contribution in [0.25, 0.3) is 11.1 Å². The predicted molar refractivity (Wildman–Crippen MR) is 82.8 cm³/mol. The van der Waals surface area contributed by atoms with Gasteiger partial charge in [0.2, 0.25) is 0 Å². The molecule has 1 aliphatic carbocycles. The highest BCUT2D eigenvalue weighted by Crippen LogP contribution is 2.41. The zero-order valence-corrected chi connectivity index (χ0v) is 12.9. The molecule has 0 heterocycles. The van der Waals surface area contributed by atoms with Gasteiger partial charge in [-0.05, 0) is 46.9 Å². The molecule has 0 atom stereocenters. The summed E-state index contributed by atoms with van der Waals surface area (Å²) in [6.45, 7) is 0. The molecule has 0 aromatic heterocycles. The lowest BCUT2D eigenvalue weighted by molar-refractivity contribution is 0.102. The van der Waals surface area contributed by atoms with Gasteiger partial charge in [-0.15, -0.1) is 0 Å². The molecule has 0 fully saturated rings. The first-order valence-corrected chi connectivity index (χ1v) is 7.69. The highest BCUT2D eigenvalue weighted by Gasteiger charge is 2.25. The van der Waals surface area contributed by atoms with E-state index >= 15 is 0 Å². The third kappa shape index (κ3) is 2.12. The SMILES string of the molecule is O=C(CBr)c1c(Cl)ccc2c1Cc1cc(Cl)ccc1-2. The van der Waals surface area contributed by atoms with Gasteiger partial charge in [-0.1, -0.05) is 51.3 Å². The van der Waals surface area contributed by atoms with Crippen LogP contribution in [0.4, 0.5) is 0 Å². The Morgan fingerprint density at radius 3 is 2.63 bits per heavy atom. The Labute approximate surface area is 129 Å². The average molecular weight is 356 g/mol. The smallest absolute Gasteiger partial charge is 0.175 e. The molecule has 0 aliphatic heterocycles. The number of carbonyl (C=O) groups is 1. The third-order valence-electron chi connectivity index (χ3n) is 3.39. The van der Waals surface area contributed by atoms with Crippen LogP contribution in [0.3, 0.4) is 0 Å². The van der Waals surface area contributed by atoms with Crippen molar-refractivity contribution in [3.8, 4) is 11.1 Å². The Hall–Kier alpha value is -0.830. The lowest BCUT2D eigenvalue weighted by atomic mass is 9.99. The van der Waals surface area contributed by atoms with Gasteiger partial charge in [-0.2, -0.15) is 0 Å². The van der Waals surface area contributed by atoms with Gasteiger partial charge in [0.1, 0.15) is 0 Å². The summed E-state index contributed by atoms with van der Waals surface area (Å²) >= 11 is 15.4. The zero-order valence-electron chi connectivity index (χ0n) is 9.84. The van der Waals surface area contributed by atoms with Crippen LogP contribution in [0.1, 0.15) is 21.5 Å². The van der Waals surface area contributed by atoms with Crippen molar-refractivity contribution in [3.63, 3.8) is 0 Å². The lowest BCUT2D eigenvalue weighted by Gasteiger charge is -2.08. The zero-order chi connectivity index (χ0) is 13.6. The van der Waals surface area contributed by atoms with Crippen LogP contribution in [-0.4, -0.2) is 11.1 Å². The van der Waals surface area contributed by atoms with Crippen molar-refractivity contribution in [1.29, 1.82) is 0 Å². The van der Waals surface area contributed by atoms with Crippen LogP contribution in [0, 0.1) is 0 Å². The van der Waals surface area contributed by atoms with Crippen molar-refractivity contribution in [2.45, 2.75) is 6.42 Å². The number of fused-ring (bicyclic) bond motifs is 3. The van der Waals surface area contributed by atoms with Crippen molar-refractivity contribution < 1.29 is 4.79 Å². The first-order chi connectivity index (χ1) is 9.11. The maximum absolute atomic E-state index is 12.1. The number of hydrogen-bond acceptors (Lipinski definition) is 1. The molecule has 2 aromatic carbocycles. The summed E-state index contributed by atoms with van der Waals surface area (Å²) in [5, 5.41) is 1.51. The van der Waals surface area contributed by atoms with E-state index in [9.17, 15) is 4.79 Å². The van der Waals surface area contributed by atoms with Crippen molar-refractivity contribution in [2.75, 3.05) is 5.33 Å².